The van der Waals surface area contributed by atoms with Gasteiger partial charge in [-0.25, -0.2) is 18.2 Å². The molecule has 1 amide bonds. The highest BCUT2D eigenvalue weighted by Gasteiger charge is 2.63. The number of nitrogens with zero attached hydrogens (tertiary/aromatic N) is 3. The SMILES string of the molecule is O=C1N2[C@H](c3cncc(F)c3)CCN2C[C@@]1(CC(F)(F)F)C(F)F. The molecule has 0 saturated carbocycles. The van der Waals surface area contributed by atoms with E-state index in [0.717, 1.165) is 17.3 Å². The summed E-state index contributed by atoms with van der Waals surface area (Å²) in [4.78, 5) is 16.1. The summed E-state index contributed by atoms with van der Waals surface area (Å²) >= 11 is 0. The van der Waals surface area contributed by atoms with Crippen molar-refractivity contribution in [1.82, 2.24) is 15.0 Å². The van der Waals surface area contributed by atoms with E-state index in [1.807, 2.05) is 0 Å². The van der Waals surface area contributed by atoms with E-state index in [1.165, 1.54) is 11.2 Å². The molecule has 0 aromatic carbocycles. The molecule has 24 heavy (non-hydrogen) atoms. The van der Waals surface area contributed by atoms with E-state index in [-0.39, 0.29) is 12.1 Å². The van der Waals surface area contributed by atoms with Gasteiger partial charge in [-0.1, -0.05) is 0 Å². The van der Waals surface area contributed by atoms with Crippen molar-refractivity contribution in [2.45, 2.75) is 31.5 Å². The second-order valence-electron chi connectivity index (χ2n) is 6.03. The molecule has 0 N–H and O–H groups in total. The zero-order chi connectivity index (χ0) is 17.7. The number of rotatable bonds is 3. The third-order valence-electron chi connectivity index (χ3n) is 4.40. The van der Waals surface area contributed by atoms with E-state index < -0.39 is 48.7 Å². The average Bonchev–Trinajstić information content (AvgIpc) is 2.97. The van der Waals surface area contributed by atoms with Gasteiger partial charge < -0.3 is 0 Å². The number of hydrogen-bond acceptors (Lipinski definition) is 3. The first-order valence-corrected chi connectivity index (χ1v) is 7.18. The van der Waals surface area contributed by atoms with Crippen molar-refractivity contribution in [3.05, 3.63) is 29.8 Å². The molecule has 1 aromatic heterocycles. The standard InChI is InChI=1S/C14H13F6N3O/c15-9-3-8(4-21-5-9)10-1-2-22-7-13(11(16)17,6-14(18,19)20)12(24)23(10)22/h3-5,10-11H,1-2,6-7H2/t10-,13-/m0/s1. The fourth-order valence-corrected chi connectivity index (χ4v) is 3.39. The predicted molar refractivity (Wildman–Crippen MR) is 69.1 cm³/mol. The monoisotopic (exact) mass is 353 g/mol. The minimum Gasteiger partial charge on any atom is -0.272 e. The maximum atomic E-state index is 13.4. The molecule has 0 bridgehead atoms. The summed E-state index contributed by atoms with van der Waals surface area (Å²) < 4.78 is 78.4. The summed E-state index contributed by atoms with van der Waals surface area (Å²) in [6, 6.07) is 0.301. The molecule has 2 atom stereocenters. The van der Waals surface area contributed by atoms with Gasteiger partial charge >= 0.3 is 6.18 Å². The van der Waals surface area contributed by atoms with Gasteiger partial charge in [-0.15, -0.1) is 0 Å². The normalized spacial score (nSPS) is 28.0. The summed E-state index contributed by atoms with van der Waals surface area (Å²) in [7, 11) is 0. The van der Waals surface area contributed by atoms with Crippen LogP contribution in [0.3, 0.4) is 0 Å². The molecule has 0 radical (unpaired) electrons. The second kappa shape index (κ2) is 5.61. The summed E-state index contributed by atoms with van der Waals surface area (Å²) in [6.07, 6.45) is -7.72. The molecule has 10 heteroatoms. The Morgan fingerprint density at radius 1 is 1.33 bits per heavy atom. The summed E-state index contributed by atoms with van der Waals surface area (Å²) in [5.74, 6) is -1.95. The molecule has 2 aliphatic heterocycles. The van der Waals surface area contributed by atoms with Gasteiger partial charge in [-0.2, -0.15) is 13.2 Å². The van der Waals surface area contributed by atoms with E-state index in [9.17, 15) is 31.1 Å². The molecule has 0 unspecified atom stereocenters. The van der Waals surface area contributed by atoms with E-state index in [2.05, 4.69) is 4.98 Å². The number of hydrogen-bond donors (Lipinski definition) is 0. The lowest BCUT2D eigenvalue weighted by Gasteiger charge is -2.28. The first-order chi connectivity index (χ1) is 11.1. The maximum Gasteiger partial charge on any atom is 0.390 e. The van der Waals surface area contributed by atoms with Gasteiger partial charge in [-0.05, 0) is 18.1 Å². The summed E-state index contributed by atoms with van der Waals surface area (Å²) in [5, 5.41) is 2.10. The van der Waals surface area contributed by atoms with Gasteiger partial charge in [0.25, 0.3) is 12.3 Å². The van der Waals surface area contributed by atoms with Crippen LogP contribution < -0.4 is 0 Å². The zero-order valence-electron chi connectivity index (χ0n) is 12.2. The van der Waals surface area contributed by atoms with Crippen molar-refractivity contribution in [3.8, 4) is 0 Å². The fraction of sp³-hybridized carbons (Fsp3) is 0.571. The molecule has 2 saturated heterocycles. The van der Waals surface area contributed by atoms with Crippen molar-refractivity contribution in [2.24, 2.45) is 5.41 Å². The van der Waals surface area contributed by atoms with Gasteiger partial charge in [0.15, 0.2) is 0 Å². The number of amides is 1. The topological polar surface area (TPSA) is 36.4 Å². The molecular formula is C14H13F6N3O. The third-order valence-corrected chi connectivity index (χ3v) is 4.40. The quantitative estimate of drug-likeness (QED) is 0.784. The Morgan fingerprint density at radius 2 is 2.04 bits per heavy atom. The molecule has 0 spiro atoms. The van der Waals surface area contributed by atoms with Crippen LogP contribution in [0.1, 0.15) is 24.4 Å². The molecule has 0 aliphatic carbocycles. The van der Waals surface area contributed by atoms with Crippen molar-refractivity contribution < 1.29 is 31.1 Å². The van der Waals surface area contributed by atoms with Crippen LogP contribution in [0.25, 0.3) is 0 Å². The minimum atomic E-state index is -4.90. The second-order valence-corrected chi connectivity index (χ2v) is 6.03. The van der Waals surface area contributed by atoms with Crippen LogP contribution in [0.4, 0.5) is 26.3 Å². The van der Waals surface area contributed by atoms with Gasteiger partial charge in [0.1, 0.15) is 11.2 Å². The van der Waals surface area contributed by atoms with Crippen LogP contribution in [-0.2, 0) is 4.79 Å². The molecule has 4 nitrogen and oxygen atoms in total. The highest BCUT2D eigenvalue weighted by Crippen LogP contribution is 2.49. The number of fused-ring (bicyclic) bond motifs is 1. The highest BCUT2D eigenvalue weighted by atomic mass is 19.4. The zero-order valence-corrected chi connectivity index (χ0v) is 12.2. The Kier molecular flexibility index (Phi) is 3.97. The smallest absolute Gasteiger partial charge is 0.272 e. The summed E-state index contributed by atoms with van der Waals surface area (Å²) in [6.45, 7) is -0.568. The Balaban J connectivity index is 1.94. The van der Waals surface area contributed by atoms with E-state index in [0.29, 0.717) is 6.42 Å². The molecular weight excluding hydrogens is 340 g/mol. The Labute approximate surface area is 133 Å². The van der Waals surface area contributed by atoms with Crippen molar-refractivity contribution in [1.29, 1.82) is 0 Å². The molecule has 3 heterocycles. The minimum absolute atomic E-state index is 0.138. The number of aromatic nitrogens is 1. The number of alkyl halides is 5. The van der Waals surface area contributed by atoms with Crippen LogP contribution in [0.15, 0.2) is 18.5 Å². The molecule has 2 aliphatic rings. The highest BCUT2D eigenvalue weighted by molar-refractivity contribution is 5.86. The number of carbonyl (C=O) groups is 1. The lowest BCUT2D eigenvalue weighted by atomic mass is 9.83. The van der Waals surface area contributed by atoms with Crippen LogP contribution in [0, 0.1) is 11.2 Å². The Hall–Kier alpha value is -1.84. The molecule has 3 rings (SSSR count). The lowest BCUT2D eigenvalue weighted by Crippen LogP contribution is -2.44. The van der Waals surface area contributed by atoms with Crippen LogP contribution >= 0.6 is 0 Å². The average molecular weight is 353 g/mol. The molecule has 132 valence electrons. The van der Waals surface area contributed by atoms with E-state index >= 15 is 0 Å². The summed E-state index contributed by atoms with van der Waals surface area (Å²) in [5.41, 5.74) is -2.56. The van der Waals surface area contributed by atoms with Crippen LogP contribution in [0.5, 0.6) is 0 Å². The van der Waals surface area contributed by atoms with Gasteiger partial charge in [0, 0.05) is 19.3 Å². The number of carbonyl (C=O) groups excluding carboxylic acids is 1. The largest absolute Gasteiger partial charge is 0.390 e. The Morgan fingerprint density at radius 3 is 2.62 bits per heavy atom. The third kappa shape index (κ3) is 2.72. The predicted octanol–water partition coefficient (Wildman–Crippen LogP) is 2.93. The number of halogens is 6. The van der Waals surface area contributed by atoms with Crippen molar-refractivity contribution in [2.75, 3.05) is 13.1 Å². The maximum absolute atomic E-state index is 13.4. The first kappa shape index (κ1) is 17.0. The van der Waals surface area contributed by atoms with E-state index in [4.69, 9.17) is 0 Å². The van der Waals surface area contributed by atoms with Crippen molar-refractivity contribution in [3.63, 3.8) is 0 Å². The van der Waals surface area contributed by atoms with Crippen LogP contribution in [0.2, 0.25) is 0 Å². The van der Waals surface area contributed by atoms with Gasteiger partial charge in [0.2, 0.25) is 0 Å². The number of hydrazine groups is 1. The molecule has 2 fully saturated rings. The molecule has 1 aromatic rings. The van der Waals surface area contributed by atoms with Crippen molar-refractivity contribution >= 4 is 5.91 Å². The first-order valence-electron chi connectivity index (χ1n) is 7.18. The van der Waals surface area contributed by atoms with Gasteiger partial charge in [0.05, 0.1) is 18.7 Å². The lowest BCUT2D eigenvalue weighted by molar-refractivity contribution is -0.184. The number of pyridine rings is 1. The Bertz CT molecular complexity index is 652. The van der Waals surface area contributed by atoms with Crippen LogP contribution in [-0.4, -0.2) is 46.6 Å². The fourth-order valence-electron chi connectivity index (χ4n) is 3.39. The van der Waals surface area contributed by atoms with Gasteiger partial charge in [-0.3, -0.25) is 14.8 Å². The van der Waals surface area contributed by atoms with E-state index in [1.54, 1.807) is 0 Å².